The molecule has 1 saturated heterocycles. The number of Topliss-reactive ketones (excluding diaryl/α,β-unsaturated/α-hetero) is 1. The zero-order chi connectivity index (χ0) is 27.0. The van der Waals surface area contributed by atoms with E-state index in [2.05, 4.69) is 19.9 Å². The number of rotatable bonds is 8. The van der Waals surface area contributed by atoms with Crippen LogP contribution in [0, 0.1) is 0 Å². The Morgan fingerprint density at radius 3 is 2.56 bits per heavy atom. The fourth-order valence-corrected chi connectivity index (χ4v) is 6.98. The summed E-state index contributed by atoms with van der Waals surface area (Å²) in [5, 5.41) is 2.89. The molecule has 2 aliphatic heterocycles. The molecule has 6 rings (SSSR count). The first-order chi connectivity index (χ1) is 18.9. The summed E-state index contributed by atoms with van der Waals surface area (Å²) < 4.78 is 28.4. The number of aromatic nitrogens is 1. The lowest BCUT2D eigenvalue weighted by Crippen LogP contribution is -2.21. The summed E-state index contributed by atoms with van der Waals surface area (Å²) >= 11 is 0. The Hall–Kier alpha value is -3.69. The summed E-state index contributed by atoms with van der Waals surface area (Å²) in [6, 6.07) is 13.2. The van der Waals surface area contributed by atoms with Crippen LogP contribution in [0.2, 0.25) is 0 Å². The van der Waals surface area contributed by atoms with Crippen LogP contribution in [0.3, 0.4) is 0 Å². The Kier molecular flexibility index (Phi) is 6.86. The van der Waals surface area contributed by atoms with E-state index in [0.717, 1.165) is 67.8 Å². The smallest absolute Gasteiger partial charge is 0.261 e. The van der Waals surface area contributed by atoms with Crippen molar-refractivity contribution in [3.63, 3.8) is 0 Å². The molecule has 3 aliphatic rings. The molecule has 0 radical (unpaired) electrons. The maximum Gasteiger partial charge on any atom is 0.261 e. The van der Waals surface area contributed by atoms with Gasteiger partial charge in [-0.3, -0.25) is 14.3 Å². The fraction of sp³-hybridized carbons (Fsp3) is 0.333. The number of hydrogen-bond donors (Lipinski definition) is 3. The highest BCUT2D eigenvalue weighted by molar-refractivity contribution is 7.92. The fourth-order valence-electron chi connectivity index (χ4n) is 5.91. The minimum Gasteiger partial charge on any atom is -0.358 e. The monoisotopic (exact) mass is 544 g/mol. The normalized spacial score (nSPS) is 18.3. The second-order valence-electron chi connectivity index (χ2n) is 10.5. The highest BCUT2D eigenvalue weighted by Crippen LogP contribution is 2.37. The number of sulfonamides is 1. The van der Waals surface area contributed by atoms with Gasteiger partial charge in [-0.25, -0.2) is 8.42 Å². The van der Waals surface area contributed by atoms with Crippen molar-refractivity contribution in [3.05, 3.63) is 76.6 Å². The van der Waals surface area contributed by atoms with Crippen molar-refractivity contribution in [1.29, 1.82) is 0 Å². The number of H-pyrrole nitrogens is 1. The van der Waals surface area contributed by atoms with Gasteiger partial charge in [0.2, 0.25) is 0 Å². The number of carbonyl (C=O) groups excluding carboxylic acids is 2. The number of fused-ring (bicyclic) bond motifs is 2. The van der Waals surface area contributed by atoms with E-state index < -0.39 is 10.0 Å². The Bertz CT molecular complexity index is 1570. The Labute approximate surface area is 228 Å². The van der Waals surface area contributed by atoms with Crippen LogP contribution < -0.4 is 10.0 Å². The number of aromatic amines is 1. The number of benzene rings is 2. The molecule has 1 fully saturated rings. The average Bonchev–Trinajstić information content (AvgIpc) is 3.64. The van der Waals surface area contributed by atoms with Gasteiger partial charge in [0.15, 0.2) is 5.78 Å². The predicted octanol–water partition coefficient (Wildman–Crippen LogP) is 4.86. The van der Waals surface area contributed by atoms with Gasteiger partial charge >= 0.3 is 0 Å². The molecule has 0 saturated carbocycles. The van der Waals surface area contributed by atoms with Gasteiger partial charge in [0, 0.05) is 40.3 Å². The van der Waals surface area contributed by atoms with E-state index in [-0.39, 0.29) is 16.6 Å². The van der Waals surface area contributed by atoms with E-state index in [1.165, 1.54) is 25.0 Å². The molecule has 3 heterocycles. The second-order valence-corrected chi connectivity index (χ2v) is 12.2. The van der Waals surface area contributed by atoms with E-state index in [9.17, 15) is 18.0 Å². The molecule has 0 spiro atoms. The molecular formula is C30H32N4O4S. The van der Waals surface area contributed by atoms with E-state index >= 15 is 0 Å². The molecule has 2 aromatic carbocycles. The summed E-state index contributed by atoms with van der Waals surface area (Å²) in [6.07, 6.45) is 8.21. The SMILES string of the molecule is O=C1Nc2ccc(NS(=O)(=O)c3ccccc3)cc2/C1=C/c1[nH]c2c(c1CCCN1CCCC1)C(=O)CCC2. The van der Waals surface area contributed by atoms with E-state index in [1.807, 2.05) is 6.08 Å². The van der Waals surface area contributed by atoms with Crippen LogP contribution in [0.15, 0.2) is 53.4 Å². The van der Waals surface area contributed by atoms with E-state index in [4.69, 9.17) is 0 Å². The first kappa shape index (κ1) is 25.6. The molecule has 3 aromatic rings. The lowest BCUT2D eigenvalue weighted by atomic mass is 9.91. The number of likely N-dealkylation sites (tertiary alicyclic amines) is 1. The number of amides is 1. The molecule has 1 amide bonds. The van der Waals surface area contributed by atoms with Crippen LogP contribution in [-0.4, -0.2) is 49.6 Å². The van der Waals surface area contributed by atoms with Crippen molar-refractivity contribution in [2.75, 3.05) is 29.7 Å². The Morgan fingerprint density at radius 1 is 0.974 bits per heavy atom. The zero-order valence-electron chi connectivity index (χ0n) is 21.8. The third kappa shape index (κ3) is 5.16. The molecular weight excluding hydrogens is 512 g/mol. The summed E-state index contributed by atoms with van der Waals surface area (Å²) in [5.74, 6) is -0.0859. The lowest BCUT2D eigenvalue weighted by Gasteiger charge is -2.15. The highest BCUT2D eigenvalue weighted by atomic mass is 32.2. The third-order valence-corrected chi connectivity index (χ3v) is 9.22. The number of nitrogens with zero attached hydrogens (tertiary/aromatic N) is 1. The third-order valence-electron chi connectivity index (χ3n) is 7.82. The number of aryl methyl sites for hydroxylation is 1. The number of nitrogens with one attached hydrogen (secondary N) is 3. The van der Waals surface area contributed by atoms with Crippen LogP contribution in [0.4, 0.5) is 11.4 Å². The van der Waals surface area contributed by atoms with Crippen molar-refractivity contribution in [1.82, 2.24) is 9.88 Å². The Morgan fingerprint density at radius 2 is 1.77 bits per heavy atom. The van der Waals surface area contributed by atoms with Gasteiger partial charge in [-0.1, -0.05) is 18.2 Å². The molecule has 3 N–H and O–H groups in total. The van der Waals surface area contributed by atoms with Crippen molar-refractivity contribution in [2.24, 2.45) is 0 Å². The summed E-state index contributed by atoms with van der Waals surface area (Å²) in [5.41, 5.74) is 5.60. The molecule has 0 atom stereocenters. The summed E-state index contributed by atoms with van der Waals surface area (Å²) in [6.45, 7) is 3.27. The molecule has 1 aromatic heterocycles. The van der Waals surface area contributed by atoms with E-state index in [1.54, 1.807) is 36.4 Å². The van der Waals surface area contributed by atoms with Crippen LogP contribution in [0.5, 0.6) is 0 Å². The average molecular weight is 545 g/mol. The van der Waals surface area contributed by atoms with Gasteiger partial charge in [0.25, 0.3) is 15.9 Å². The number of anilines is 2. The quantitative estimate of drug-likeness (QED) is 0.351. The molecule has 8 nitrogen and oxygen atoms in total. The number of hydrogen-bond acceptors (Lipinski definition) is 5. The molecule has 0 unspecified atom stereocenters. The van der Waals surface area contributed by atoms with Gasteiger partial charge in [-0.05, 0) is 100 Å². The van der Waals surface area contributed by atoms with Gasteiger partial charge in [0.05, 0.1) is 10.5 Å². The molecule has 39 heavy (non-hydrogen) atoms. The minimum absolute atomic E-state index is 0.163. The van der Waals surface area contributed by atoms with Crippen LogP contribution >= 0.6 is 0 Å². The first-order valence-electron chi connectivity index (χ1n) is 13.6. The number of ketones is 1. The second kappa shape index (κ2) is 10.5. The van der Waals surface area contributed by atoms with Crippen LogP contribution in [-0.2, 0) is 27.7 Å². The molecule has 202 valence electrons. The largest absolute Gasteiger partial charge is 0.358 e. The van der Waals surface area contributed by atoms with Crippen LogP contribution in [0.1, 0.15) is 65.0 Å². The predicted molar refractivity (Wildman–Crippen MR) is 152 cm³/mol. The van der Waals surface area contributed by atoms with Gasteiger partial charge in [-0.15, -0.1) is 0 Å². The topological polar surface area (TPSA) is 111 Å². The minimum atomic E-state index is -3.78. The van der Waals surface area contributed by atoms with Crippen molar-refractivity contribution in [2.45, 2.75) is 49.8 Å². The zero-order valence-corrected chi connectivity index (χ0v) is 22.6. The number of carbonyl (C=O) groups is 2. The maximum absolute atomic E-state index is 13.1. The maximum atomic E-state index is 13.1. The summed E-state index contributed by atoms with van der Waals surface area (Å²) in [7, 11) is -3.78. The van der Waals surface area contributed by atoms with Gasteiger partial charge in [0.1, 0.15) is 0 Å². The van der Waals surface area contributed by atoms with Crippen molar-refractivity contribution >= 4 is 44.7 Å². The molecule has 9 heteroatoms. The van der Waals surface area contributed by atoms with Gasteiger partial charge < -0.3 is 15.2 Å². The standard InChI is InChI=1S/C30H32N4O4S/c35-28-12-6-11-26-29(28)22(10-7-17-34-15-4-5-16-34)27(31-26)19-24-23-18-20(13-14-25(23)32-30(24)36)33-39(37,38)21-8-2-1-3-9-21/h1-3,8-9,13-14,18-19,31,33H,4-7,10-12,15-17H2,(H,32,36)/b24-19-. The van der Waals surface area contributed by atoms with Crippen molar-refractivity contribution in [3.8, 4) is 0 Å². The first-order valence-corrected chi connectivity index (χ1v) is 15.1. The lowest BCUT2D eigenvalue weighted by molar-refractivity contribution is -0.110. The van der Waals surface area contributed by atoms with E-state index in [0.29, 0.717) is 28.9 Å². The Balaban J connectivity index is 1.32. The van der Waals surface area contributed by atoms with Crippen molar-refractivity contribution < 1.29 is 18.0 Å². The van der Waals surface area contributed by atoms with Crippen LogP contribution in [0.25, 0.3) is 11.6 Å². The highest BCUT2D eigenvalue weighted by Gasteiger charge is 2.29. The molecule has 0 bridgehead atoms. The van der Waals surface area contributed by atoms with Gasteiger partial charge in [-0.2, -0.15) is 0 Å². The molecule has 1 aliphatic carbocycles. The summed E-state index contributed by atoms with van der Waals surface area (Å²) in [4.78, 5) is 32.1.